The number of aliphatic hydroxyl groups excluding tert-OH is 1. The number of aliphatic hydroxyl groups is 1. The molecule has 20 heavy (non-hydrogen) atoms. The van der Waals surface area contributed by atoms with Gasteiger partial charge in [-0.15, -0.1) is 0 Å². The molecule has 3 heteroatoms. The number of rotatable bonds is 4. The Kier molecular flexibility index (Phi) is 4.39. The molecule has 0 fully saturated rings. The van der Waals surface area contributed by atoms with Crippen LogP contribution in [0.4, 0.5) is 0 Å². The van der Waals surface area contributed by atoms with Crippen LogP contribution in [0.1, 0.15) is 42.9 Å². The Balaban J connectivity index is 2.69. The number of ether oxygens (including phenoxy) is 2. The summed E-state index contributed by atoms with van der Waals surface area (Å²) in [5, 5.41) is 9.48. The summed E-state index contributed by atoms with van der Waals surface area (Å²) < 4.78 is 11.1. The van der Waals surface area contributed by atoms with E-state index in [4.69, 9.17) is 9.47 Å². The Hall–Kier alpha value is -1.48. The Bertz CT molecular complexity index is 532. The number of benzene rings is 1. The Morgan fingerprint density at radius 3 is 2.50 bits per heavy atom. The molecule has 0 aliphatic heterocycles. The van der Waals surface area contributed by atoms with E-state index in [-0.39, 0.29) is 12.5 Å². The summed E-state index contributed by atoms with van der Waals surface area (Å²) in [5.74, 6) is 2.18. The summed E-state index contributed by atoms with van der Waals surface area (Å²) in [7, 11) is 3.37. The van der Waals surface area contributed by atoms with Crippen LogP contribution in [0, 0.1) is 12.8 Å². The molecule has 0 saturated carbocycles. The lowest BCUT2D eigenvalue weighted by Gasteiger charge is -2.29. The van der Waals surface area contributed by atoms with E-state index in [0.717, 1.165) is 23.5 Å². The monoisotopic (exact) mass is 276 g/mol. The third-order valence-electron chi connectivity index (χ3n) is 4.17. The van der Waals surface area contributed by atoms with Crippen molar-refractivity contribution in [1.29, 1.82) is 0 Å². The predicted molar refractivity (Wildman–Crippen MR) is 81.5 cm³/mol. The summed E-state index contributed by atoms with van der Waals surface area (Å²) in [6.45, 7) is 6.44. The van der Waals surface area contributed by atoms with Crippen molar-refractivity contribution in [2.24, 2.45) is 5.92 Å². The minimum Gasteiger partial charge on any atom is -0.493 e. The van der Waals surface area contributed by atoms with Crippen LogP contribution in [-0.4, -0.2) is 25.9 Å². The number of aryl methyl sites for hydroxylation is 1. The van der Waals surface area contributed by atoms with Gasteiger partial charge in [-0.05, 0) is 42.0 Å². The van der Waals surface area contributed by atoms with Gasteiger partial charge < -0.3 is 14.6 Å². The highest BCUT2D eigenvalue weighted by molar-refractivity contribution is 5.77. The van der Waals surface area contributed by atoms with Gasteiger partial charge in [-0.25, -0.2) is 0 Å². The van der Waals surface area contributed by atoms with Crippen LogP contribution in [0.5, 0.6) is 11.5 Å². The normalized spacial score (nSPS) is 19.1. The van der Waals surface area contributed by atoms with Gasteiger partial charge in [0, 0.05) is 18.1 Å². The molecule has 110 valence electrons. The van der Waals surface area contributed by atoms with E-state index in [9.17, 15) is 5.11 Å². The van der Waals surface area contributed by atoms with Gasteiger partial charge in [0.15, 0.2) is 11.5 Å². The largest absolute Gasteiger partial charge is 0.493 e. The van der Waals surface area contributed by atoms with Gasteiger partial charge in [0.1, 0.15) is 0 Å². The third-order valence-corrected chi connectivity index (χ3v) is 4.17. The molecule has 1 aromatic carbocycles. The van der Waals surface area contributed by atoms with Crippen molar-refractivity contribution in [2.75, 3.05) is 20.8 Å². The van der Waals surface area contributed by atoms with E-state index in [0.29, 0.717) is 5.92 Å². The highest BCUT2D eigenvalue weighted by Crippen LogP contribution is 2.47. The molecule has 0 aromatic heterocycles. The lowest BCUT2D eigenvalue weighted by atomic mass is 9.78. The highest BCUT2D eigenvalue weighted by atomic mass is 16.5. The third kappa shape index (κ3) is 2.31. The van der Waals surface area contributed by atoms with Crippen LogP contribution >= 0.6 is 0 Å². The fraction of sp³-hybridized carbons (Fsp3) is 0.529. The van der Waals surface area contributed by atoms with E-state index < -0.39 is 0 Å². The molecule has 1 N–H and O–H groups in total. The molecule has 0 amide bonds. The van der Waals surface area contributed by atoms with Crippen molar-refractivity contribution in [2.45, 2.75) is 33.1 Å². The fourth-order valence-corrected chi connectivity index (χ4v) is 3.06. The second-order valence-electron chi connectivity index (χ2n) is 5.60. The molecule has 0 heterocycles. The SMILES string of the molecule is COc1c(C)cc2c(c1OC)[C@@H](C)CC=C2[C@@H](C)CO. The van der Waals surface area contributed by atoms with Gasteiger partial charge in [-0.3, -0.25) is 0 Å². The van der Waals surface area contributed by atoms with Crippen molar-refractivity contribution in [3.05, 3.63) is 28.8 Å². The summed E-state index contributed by atoms with van der Waals surface area (Å²) >= 11 is 0. The molecule has 0 radical (unpaired) electrons. The zero-order chi connectivity index (χ0) is 14.9. The number of fused-ring (bicyclic) bond motifs is 1. The smallest absolute Gasteiger partial charge is 0.165 e. The molecule has 2 rings (SSSR count). The van der Waals surface area contributed by atoms with Crippen molar-refractivity contribution < 1.29 is 14.6 Å². The van der Waals surface area contributed by atoms with Crippen LogP contribution in [0.25, 0.3) is 5.57 Å². The maximum absolute atomic E-state index is 9.48. The van der Waals surface area contributed by atoms with Gasteiger partial charge >= 0.3 is 0 Å². The molecular weight excluding hydrogens is 252 g/mol. The molecule has 0 spiro atoms. The van der Waals surface area contributed by atoms with Crippen LogP contribution in [0.2, 0.25) is 0 Å². The second-order valence-corrected chi connectivity index (χ2v) is 5.60. The second kappa shape index (κ2) is 5.88. The molecule has 0 saturated heterocycles. The maximum Gasteiger partial charge on any atom is 0.165 e. The Morgan fingerprint density at radius 2 is 1.95 bits per heavy atom. The van der Waals surface area contributed by atoms with E-state index >= 15 is 0 Å². The molecule has 1 aromatic rings. The summed E-state index contributed by atoms with van der Waals surface area (Å²) in [6, 6.07) is 2.16. The maximum atomic E-state index is 9.48. The first-order valence-electron chi connectivity index (χ1n) is 7.11. The lowest BCUT2D eigenvalue weighted by Crippen LogP contribution is -2.14. The molecule has 1 aliphatic rings. The minimum absolute atomic E-state index is 0.138. The lowest BCUT2D eigenvalue weighted by molar-refractivity contribution is 0.265. The van der Waals surface area contributed by atoms with E-state index in [1.54, 1.807) is 14.2 Å². The van der Waals surface area contributed by atoms with Gasteiger partial charge in [0.05, 0.1) is 14.2 Å². The minimum atomic E-state index is 0.138. The van der Waals surface area contributed by atoms with Crippen LogP contribution in [0.3, 0.4) is 0 Å². The molecule has 3 nitrogen and oxygen atoms in total. The summed E-state index contributed by atoms with van der Waals surface area (Å²) in [4.78, 5) is 0. The van der Waals surface area contributed by atoms with Crippen molar-refractivity contribution >= 4 is 5.57 Å². The molecular formula is C17H24O3. The number of hydrogen-bond acceptors (Lipinski definition) is 3. The quantitative estimate of drug-likeness (QED) is 0.914. The predicted octanol–water partition coefficient (Wildman–Crippen LogP) is 3.53. The van der Waals surface area contributed by atoms with E-state index in [1.807, 2.05) is 6.92 Å². The molecule has 0 bridgehead atoms. The number of allylic oxidation sites excluding steroid dienone is 1. The van der Waals surface area contributed by atoms with Gasteiger partial charge in [0.25, 0.3) is 0 Å². The summed E-state index contributed by atoms with van der Waals surface area (Å²) in [6.07, 6.45) is 3.22. The van der Waals surface area contributed by atoms with Gasteiger partial charge in [0.2, 0.25) is 0 Å². The molecule has 0 unspecified atom stereocenters. The van der Waals surface area contributed by atoms with E-state index in [1.165, 1.54) is 16.7 Å². The zero-order valence-electron chi connectivity index (χ0n) is 13.0. The molecule has 1 aliphatic carbocycles. The van der Waals surface area contributed by atoms with Crippen molar-refractivity contribution in [3.63, 3.8) is 0 Å². The standard InChI is InChI=1S/C17H24O3/c1-10-6-7-13(12(3)9-18)14-8-11(2)16(19-4)17(20-5)15(10)14/h7-8,10,12,18H,6,9H2,1-5H3/t10-,12-/m0/s1. The first-order chi connectivity index (χ1) is 9.54. The first kappa shape index (κ1) is 14.9. The Labute approximate surface area is 121 Å². The average Bonchev–Trinajstić information content (AvgIpc) is 2.45. The van der Waals surface area contributed by atoms with Crippen LogP contribution in [-0.2, 0) is 0 Å². The van der Waals surface area contributed by atoms with Gasteiger partial charge in [-0.2, -0.15) is 0 Å². The highest BCUT2D eigenvalue weighted by Gasteiger charge is 2.28. The number of methoxy groups -OCH3 is 2. The first-order valence-corrected chi connectivity index (χ1v) is 7.11. The topological polar surface area (TPSA) is 38.7 Å². The summed E-state index contributed by atoms with van der Waals surface area (Å²) in [5.41, 5.74) is 4.67. The van der Waals surface area contributed by atoms with Crippen molar-refractivity contribution in [1.82, 2.24) is 0 Å². The van der Waals surface area contributed by atoms with Crippen LogP contribution in [0.15, 0.2) is 12.1 Å². The van der Waals surface area contributed by atoms with Gasteiger partial charge in [-0.1, -0.05) is 19.9 Å². The zero-order valence-corrected chi connectivity index (χ0v) is 13.0. The fourth-order valence-electron chi connectivity index (χ4n) is 3.06. The van der Waals surface area contributed by atoms with E-state index in [2.05, 4.69) is 26.0 Å². The average molecular weight is 276 g/mol. The van der Waals surface area contributed by atoms with Crippen LogP contribution < -0.4 is 9.47 Å². The van der Waals surface area contributed by atoms with Crippen molar-refractivity contribution in [3.8, 4) is 11.5 Å². The molecule has 2 atom stereocenters. The number of hydrogen-bond donors (Lipinski definition) is 1. The Morgan fingerprint density at radius 1 is 1.30 bits per heavy atom.